The fourth-order valence-corrected chi connectivity index (χ4v) is 2.79. The zero-order valence-electron chi connectivity index (χ0n) is 10.8. The molecule has 0 aromatic heterocycles. The highest BCUT2D eigenvalue weighted by Gasteiger charge is 2.24. The Morgan fingerprint density at radius 2 is 2.24 bits per heavy atom. The van der Waals surface area contributed by atoms with Crippen molar-refractivity contribution in [2.24, 2.45) is 0 Å². The van der Waals surface area contributed by atoms with Crippen LogP contribution < -0.4 is 5.32 Å². The summed E-state index contributed by atoms with van der Waals surface area (Å²) in [6.07, 6.45) is 1.10. The summed E-state index contributed by atoms with van der Waals surface area (Å²) in [7, 11) is 2.21. The standard InChI is InChI=1S/C14H21BrN2/c1-10-4-5-12(8-13(10)15)9-14-11(2)17(3)7-6-16-14/h4-5,8,11,14,16H,6-7,9H2,1-3H3. The SMILES string of the molecule is Cc1ccc(CC2NCCN(C)C2C)cc1Br. The second-order valence-electron chi connectivity index (χ2n) is 5.07. The Hall–Kier alpha value is -0.380. The van der Waals surface area contributed by atoms with Gasteiger partial charge >= 0.3 is 0 Å². The first-order chi connectivity index (χ1) is 8.08. The van der Waals surface area contributed by atoms with Crippen LogP contribution in [0.4, 0.5) is 0 Å². The van der Waals surface area contributed by atoms with Crippen LogP contribution in [0.2, 0.25) is 0 Å². The number of aryl methyl sites for hydroxylation is 1. The number of hydrogen-bond donors (Lipinski definition) is 1. The quantitative estimate of drug-likeness (QED) is 0.902. The van der Waals surface area contributed by atoms with Crippen molar-refractivity contribution in [1.82, 2.24) is 10.2 Å². The van der Waals surface area contributed by atoms with Gasteiger partial charge in [0.05, 0.1) is 0 Å². The first-order valence-corrected chi connectivity index (χ1v) is 7.06. The van der Waals surface area contributed by atoms with Crippen molar-refractivity contribution in [2.45, 2.75) is 32.4 Å². The lowest BCUT2D eigenvalue weighted by Crippen LogP contribution is -2.55. The third kappa shape index (κ3) is 3.09. The minimum atomic E-state index is 0.559. The van der Waals surface area contributed by atoms with Gasteiger partial charge in [-0.3, -0.25) is 0 Å². The molecule has 1 aromatic carbocycles. The summed E-state index contributed by atoms with van der Waals surface area (Å²) in [5, 5.41) is 3.62. The predicted molar refractivity (Wildman–Crippen MR) is 76.5 cm³/mol. The van der Waals surface area contributed by atoms with E-state index in [0.717, 1.165) is 19.5 Å². The highest BCUT2D eigenvalue weighted by Crippen LogP contribution is 2.20. The molecule has 2 rings (SSSR count). The van der Waals surface area contributed by atoms with E-state index in [1.165, 1.54) is 15.6 Å². The maximum atomic E-state index is 3.62. The molecule has 1 aliphatic rings. The van der Waals surface area contributed by atoms with Gasteiger partial charge in [0.1, 0.15) is 0 Å². The van der Waals surface area contributed by atoms with Crippen molar-refractivity contribution in [3.05, 3.63) is 33.8 Å². The summed E-state index contributed by atoms with van der Waals surface area (Å²) in [5.41, 5.74) is 2.71. The minimum absolute atomic E-state index is 0.559. The van der Waals surface area contributed by atoms with E-state index < -0.39 is 0 Å². The highest BCUT2D eigenvalue weighted by molar-refractivity contribution is 9.10. The van der Waals surface area contributed by atoms with Crippen LogP contribution in [0.1, 0.15) is 18.1 Å². The first kappa shape index (κ1) is 13.1. The van der Waals surface area contributed by atoms with Gasteiger partial charge in [0, 0.05) is 29.6 Å². The summed E-state index contributed by atoms with van der Waals surface area (Å²) < 4.78 is 1.21. The Labute approximate surface area is 113 Å². The molecule has 1 saturated heterocycles. The first-order valence-electron chi connectivity index (χ1n) is 6.26. The van der Waals surface area contributed by atoms with Crippen LogP contribution in [-0.2, 0) is 6.42 Å². The molecule has 1 heterocycles. The lowest BCUT2D eigenvalue weighted by molar-refractivity contribution is 0.163. The molecule has 1 fully saturated rings. The van der Waals surface area contributed by atoms with Gasteiger partial charge in [-0.2, -0.15) is 0 Å². The average molecular weight is 297 g/mol. The van der Waals surface area contributed by atoms with Gasteiger partial charge in [0.2, 0.25) is 0 Å². The summed E-state index contributed by atoms with van der Waals surface area (Å²) >= 11 is 3.61. The Bertz CT molecular complexity index is 392. The van der Waals surface area contributed by atoms with Gasteiger partial charge in [-0.05, 0) is 44.5 Å². The van der Waals surface area contributed by atoms with E-state index in [1.54, 1.807) is 0 Å². The van der Waals surface area contributed by atoms with E-state index in [-0.39, 0.29) is 0 Å². The largest absolute Gasteiger partial charge is 0.311 e. The Balaban J connectivity index is 2.07. The molecule has 2 nitrogen and oxygen atoms in total. The lowest BCUT2D eigenvalue weighted by atomic mass is 9.97. The summed E-state index contributed by atoms with van der Waals surface area (Å²) in [6.45, 7) is 6.68. The molecule has 0 bridgehead atoms. The molecule has 1 aliphatic heterocycles. The van der Waals surface area contributed by atoms with E-state index in [4.69, 9.17) is 0 Å². The molecular weight excluding hydrogens is 276 g/mol. The zero-order valence-corrected chi connectivity index (χ0v) is 12.4. The topological polar surface area (TPSA) is 15.3 Å². The molecule has 2 atom stereocenters. The molecule has 1 N–H and O–H groups in total. The van der Waals surface area contributed by atoms with Crippen LogP contribution in [0, 0.1) is 6.92 Å². The molecule has 0 spiro atoms. The molecule has 0 amide bonds. The molecule has 94 valence electrons. The summed E-state index contributed by atoms with van der Waals surface area (Å²) in [6, 6.07) is 7.84. The smallest absolute Gasteiger partial charge is 0.0261 e. The van der Waals surface area contributed by atoms with E-state index >= 15 is 0 Å². The monoisotopic (exact) mass is 296 g/mol. The van der Waals surface area contributed by atoms with Crippen LogP contribution in [0.3, 0.4) is 0 Å². The second kappa shape index (κ2) is 5.51. The Morgan fingerprint density at radius 3 is 2.94 bits per heavy atom. The number of likely N-dealkylation sites (N-methyl/N-ethyl adjacent to an activating group) is 1. The predicted octanol–water partition coefficient (Wildman–Crippen LogP) is 2.59. The molecule has 0 radical (unpaired) electrons. The van der Waals surface area contributed by atoms with Gasteiger partial charge in [-0.25, -0.2) is 0 Å². The van der Waals surface area contributed by atoms with Gasteiger partial charge in [-0.1, -0.05) is 28.1 Å². The van der Waals surface area contributed by atoms with Crippen LogP contribution in [0.5, 0.6) is 0 Å². The molecule has 0 aliphatic carbocycles. The number of hydrogen-bond acceptors (Lipinski definition) is 2. The van der Waals surface area contributed by atoms with Crippen molar-refractivity contribution < 1.29 is 0 Å². The van der Waals surface area contributed by atoms with E-state index in [1.807, 2.05) is 0 Å². The normalized spacial score (nSPS) is 26.1. The number of halogens is 1. The molecule has 2 unspecified atom stereocenters. The van der Waals surface area contributed by atoms with Crippen molar-refractivity contribution >= 4 is 15.9 Å². The van der Waals surface area contributed by atoms with Crippen molar-refractivity contribution in [3.8, 4) is 0 Å². The minimum Gasteiger partial charge on any atom is -0.311 e. The van der Waals surface area contributed by atoms with E-state index in [2.05, 4.69) is 65.2 Å². The maximum Gasteiger partial charge on any atom is 0.0261 e. The van der Waals surface area contributed by atoms with Crippen LogP contribution in [-0.4, -0.2) is 37.1 Å². The molecular formula is C14H21BrN2. The fourth-order valence-electron chi connectivity index (χ4n) is 2.37. The maximum absolute atomic E-state index is 3.62. The Morgan fingerprint density at radius 1 is 1.47 bits per heavy atom. The van der Waals surface area contributed by atoms with Gasteiger partial charge in [0.25, 0.3) is 0 Å². The summed E-state index contributed by atoms with van der Waals surface area (Å²) in [4.78, 5) is 2.43. The summed E-state index contributed by atoms with van der Waals surface area (Å²) in [5.74, 6) is 0. The number of nitrogens with zero attached hydrogens (tertiary/aromatic N) is 1. The average Bonchev–Trinajstić information content (AvgIpc) is 2.30. The number of piperazine rings is 1. The fraction of sp³-hybridized carbons (Fsp3) is 0.571. The van der Waals surface area contributed by atoms with E-state index in [0.29, 0.717) is 12.1 Å². The third-order valence-corrected chi connectivity index (χ3v) is 4.69. The van der Waals surface area contributed by atoms with Crippen molar-refractivity contribution in [1.29, 1.82) is 0 Å². The zero-order chi connectivity index (χ0) is 12.4. The Kier molecular flexibility index (Phi) is 4.23. The highest BCUT2D eigenvalue weighted by atomic mass is 79.9. The van der Waals surface area contributed by atoms with Crippen LogP contribution in [0.15, 0.2) is 22.7 Å². The van der Waals surface area contributed by atoms with Gasteiger partial charge in [-0.15, -0.1) is 0 Å². The van der Waals surface area contributed by atoms with Gasteiger partial charge < -0.3 is 10.2 Å². The number of nitrogens with one attached hydrogen (secondary N) is 1. The van der Waals surface area contributed by atoms with Crippen molar-refractivity contribution in [3.63, 3.8) is 0 Å². The molecule has 3 heteroatoms. The van der Waals surface area contributed by atoms with Crippen LogP contribution >= 0.6 is 15.9 Å². The third-order valence-electron chi connectivity index (χ3n) is 3.84. The number of benzene rings is 1. The second-order valence-corrected chi connectivity index (χ2v) is 5.92. The number of rotatable bonds is 2. The molecule has 1 aromatic rings. The lowest BCUT2D eigenvalue weighted by Gasteiger charge is -2.38. The van der Waals surface area contributed by atoms with Gasteiger partial charge in [0.15, 0.2) is 0 Å². The molecule has 0 saturated carbocycles. The molecule has 17 heavy (non-hydrogen) atoms. The van der Waals surface area contributed by atoms with E-state index in [9.17, 15) is 0 Å². The van der Waals surface area contributed by atoms with Crippen molar-refractivity contribution in [2.75, 3.05) is 20.1 Å². The van der Waals surface area contributed by atoms with Crippen LogP contribution in [0.25, 0.3) is 0 Å².